The number of nitrogens with one attached hydrogen (secondary N) is 1. The molecule has 0 radical (unpaired) electrons. The van der Waals surface area contributed by atoms with E-state index < -0.39 is 10.0 Å². The predicted molar refractivity (Wildman–Crippen MR) is 140 cm³/mol. The van der Waals surface area contributed by atoms with E-state index in [1.54, 1.807) is 12.1 Å². The maximum Gasteiger partial charge on any atom is 0.243 e. The van der Waals surface area contributed by atoms with Crippen molar-refractivity contribution in [3.63, 3.8) is 0 Å². The van der Waals surface area contributed by atoms with Crippen LogP contribution < -0.4 is 5.32 Å². The summed E-state index contributed by atoms with van der Waals surface area (Å²) in [5.74, 6) is -0.0842. The standard InChI is InChI=1S/C25H27N5O4S2/c1-16-12-18(3)24-21(13-16)17(2)14-22-27-28-25(30(22)24)35-15-23(31)26-19-4-6-20(7-5-19)36(32,33)29-8-10-34-11-9-29/h4-7,12-14H,8-11,15H2,1-3H3,(H,26,31). The monoisotopic (exact) mass is 525 g/mol. The molecule has 1 N–H and O–H groups in total. The molecule has 36 heavy (non-hydrogen) atoms. The van der Waals surface area contributed by atoms with Gasteiger partial charge < -0.3 is 10.1 Å². The molecule has 0 saturated carbocycles. The third kappa shape index (κ3) is 4.71. The lowest BCUT2D eigenvalue weighted by Crippen LogP contribution is -2.40. The highest BCUT2D eigenvalue weighted by atomic mass is 32.2. The Labute approximate surface area is 213 Å². The fourth-order valence-electron chi connectivity index (χ4n) is 4.48. The number of morpholine rings is 1. The number of hydrogen-bond acceptors (Lipinski definition) is 7. The van der Waals surface area contributed by atoms with Crippen LogP contribution in [0.5, 0.6) is 0 Å². The Morgan fingerprint density at radius 2 is 1.75 bits per heavy atom. The number of ether oxygens (including phenoxy) is 1. The Hall–Kier alpha value is -2.99. The van der Waals surface area contributed by atoms with Crippen LogP contribution in [-0.2, 0) is 19.6 Å². The number of carbonyl (C=O) groups excluding carboxylic acids is 1. The van der Waals surface area contributed by atoms with E-state index in [1.165, 1.54) is 33.8 Å². The number of sulfonamides is 1. The zero-order valence-electron chi connectivity index (χ0n) is 20.3. The molecule has 5 rings (SSSR count). The van der Waals surface area contributed by atoms with Gasteiger partial charge in [-0.25, -0.2) is 8.42 Å². The first-order chi connectivity index (χ1) is 17.2. The van der Waals surface area contributed by atoms with Gasteiger partial charge in [0.25, 0.3) is 0 Å². The summed E-state index contributed by atoms with van der Waals surface area (Å²) in [5.41, 5.74) is 5.75. The van der Waals surface area contributed by atoms with Gasteiger partial charge in [-0.15, -0.1) is 10.2 Å². The molecule has 1 aliphatic rings. The van der Waals surface area contributed by atoms with E-state index in [2.05, 4.69) is 48.4 Å². The molecule has 1 aliphatic heterocycles. The highest BCUT2D eigenvalue weighted by Gasteiger charge is 2.26. The van der Waals surface area contributed by atoms with Crippen molar-refractivity contribution in [1.82, 2.24) is 18.9 Å². The summed E-state index contributed by atoms with van der Waals surface area (Å²) >= 11 is 1.31. The third-order valence-electron chi connectivity index (χ3n) is 6.18. The van der Waals surface area contributed by atoms with Crippen molar-refractivity contribution in [2.75, 3.05) is 37.4 Å². The average molecular weight is 526 g/mol. The van der Waals surface area contributed by atoms with Crippen LogP contribution in [0.4, 0.5) is 5.69 Å². The Morgan fingerprint density at radius 1 is 1.03 bits per heavy atom. The maximum absolute atomic E-state index is 12.8. The van der Waals surface area contributed by atoms with Crippen LogP contribution in [0.1, 0.15) is 16.7 Å². The molecule has 1 fully saturated rings. The minimum atomic E-state index is -3.58. The van der Waals surface area contributed by atoms with Crippen LogP contribution in [0.15, 0.2) is 52.5 Å². The van der Waals surface area contributed by atoms with E-state index in [1.807, 2.05) is 10.5 Å². The minimum Gasteiger partial charge on any atom is -0.379 e. The summed E-state index contributed by atoms with van der Waals surface area (Å²) in [4.78, 5) is 12.9. The molecule has 0 unspecified atom stereocenters. The molecule has 11 heteroatoms. The van der Waals surface area contributed by atoms with Crippen LogP contribution in [-0.4, -0.2) is 65.3 Å². The molecule has 4 aromatic rings. The largest absolute Gasteiger partial charge is 0.379 e. The van der Waals surface area contributed by atoms with E-state index >= 15 is 0 Å². The van der Waals surface area contributed by atoms with Crippen molar-refractivity contribution >= 4 is 49.9 Å². The van der Waals surface area contributed by atoms with Crippen LogP contribution in [0, 0.1) is 20.8 Å². The Kier molecular flexibility index (Phi) is 6.73. The van der Waals surface area contributed by atoms with E-state index in [-0.39, 0.29) is 16.6 Å². The first kappa shape index (κ1) is 24.7. The number of anilines is 1. The molecule has 188 valence electrons. The topological polar surface area (TPSA) is 106 Å². The number of aromatic nitrogens is 3. The number of rotatable bonds is 6. The molecule has 3 heterocycles. The lowest BCUT2D eigenvalue weighted by molar-refractivity contribution is -0.113. The number of nitrogens with zero attached hydrogens (tertiary/aromatic N) is 4. The molecular weight excluding hydrogens is 498 g/mol. The Morgan fingerprint density at radius 3 is 2.47 bits per heavy atom. The van der Waals surface area contributed by atoms with Crippen molar-refractivity contribution in [2.24, 2.45) is 0 Å². The molecule has 0 atom stereocenters. The summed E-state index contributed by atoms with van der Waals surface area (Å²) in [6.07, 6.45) is 0. The zero-order valence-corrected chi connectivity index (χ0v) is 21.9. The molecule has 0 bridgehead atoms. The zero-order chi connectivity index (χ0) is 25.4. The quantitative estimate of drug-likeness (QED) is 0.384. The van der Waals surface area contributed by atoms with Crippen molar-refractivity contribution in [3.8, 4) is 0 Å². The maximum atomic E-state index is 12.8. The van der Waals surface area contributed by atoms with Crippen LogP contribution >= 0.6 is 11.8 Å². The van der Waals surface area contributed by atoms with Gasteiger partial charge >= 0.3 is 0 Å². The fourth-order valence-corrected chi connectivity index (χ4v) is 6.63. The number of thioether (sulfide) groups is 1. The van der Waals surface area contributed by atoms with Gasteiger partial charge in [0.2, 0.25) is 15.9 Å². The van der Waals surface area contributed by atoms with Crippen LogP contribution in [0.25, 0.3) is 16.6 Å². The van der Waals surface area contributed by atoms with Gasteiger partial charge in [-0.1, -0.05) is 23.4 Å². The molecule has 2 aromatic heterocycles. The van der Waals surface area contributed by atoms with E-state index in [9.17, 15) is 13.2 Å². The normalized spacial score (nSPS) is 15.0. The summed E-state index contributed by atoms with van der Waals surface area (Å²) in [6, 6.07) is 12.5. The van der Waals surface area contributed by atoms with Crippen molar-refractivity contribution in [1.29, 1.82) is 0 Å². The van der Waals surface area contributed by atoms with Gasteiger partial charge in [-0.05, 0) is 68.3 Å². The van der Waals surface area contributed by atoms with Gasteiger partial charge in [-0.2, -0.15) is 4.31 Å². The number of pyridine rings is 1. The second-order valence-corrected chi connectivity index (χ2v) is 11.7. The molecule has 0 spiro atoms. The second kappa shape index (κ2) is 9.81. The first-order valence-electron chi connectivity index (χ1n) is 11.6. The van der Waals surface area contributed by atoms with Gasteiger partial charge in [0, 0.05) is 24.2 Å². The number of benzene rings is 2. The number of hydrogen-bond donors (Lipinski definition) is 1. The third-order valence-corrected chi connectivity index (χ3v) is 9.02. The van der Waals surface area contributed by atoms with Gasteiger partial charge in [-0.3, -0.25) is 9.20 Å². The number of fused-ring (bicyclic) bond motifs is 3. The van der Waals surface area contributed by atoms with Crippen molar-refractivity contribution < 1.29 is 17.9 Å². The van der Waals surface area contributed by atoms with Crippen molar-refractivity contribution in [3.05, 3.63) is 59.2 Å². The van der Waals surface area contributed by atoms with Gasteiger partial charge in [0.05, 0.1) is 29.4 Å². The molecule has 9 nitrogen and oxygen atoms in total. The summed E-state index contributed by atoms with van der Waals surface area (Å²) in [5, 5.41) is 13.3. The van der Waals surface area contributed by atoms with Crippen LogP contribution in [0.2, 0.25) is 0 Å². The highest BCUT2D eigenvalue weighted by Crippen LogP contribution is 2.29. The number of amides is 1. The lowest BCUT2D eigenvalue weighted by Gasteiger charge is -2.26. The molecule has 1 saturated heterocycles. The lowest BCUT2D eigenvalue weighted by atomic mass is 10.0. The highest BCUT2D eigenvalue weighted by molar-refractivity contribution is 7.99. The van der Waals surface area contributed by atoms with E-state index in [0.717, 1.165) is 27.7 Å². The minimum absolute atomic E-state index is 0.134. The summed E-state index contributed by atoms with van der Waals surface area (Å²) in [6.45, 7) is 7.66. The predicted octanol–water partition coefficient (Wildman–Crippen LogP) is 3.56. The van der Waals surface area contributed by atoms with Crippen molar-refractivity contribution in [2.45, 2.75) is 30.8 Å². The summed E-state index contributed by atoms with van der Waals surface area (Å²) < 4.78 is 34.2. The van der Waals surface area contributed by atoms with E-state index in [0.29, 0.717) is 37.1 Å². The van der Waals surface area contributed by atoms with Gasteiger partial charge in [0.15, 0.2) is 10.8 Å². The first-order valence-corrected chi connectivity index (χ1v) is 14.0. The molecular formula is C25H27N5O4S2. The molecule has 2 aromatic carbocycles. The van der Waals surface area contributed by atoms with E-state index in [4.69, 9.17) is 4.74 Å². The Bertz CT molecular complexity index is 1560. The van der Waals surface area contributed by atoms with Crippen LogP contribution in [0.3, 0.4) is 0 Å². The smallest absolute Gasteiger partial charge is 0.243 e. The molecule has 1 amide bonds. The molecule has 0 aliphatic carbocycles. The SMILES string of the molecule is Cc1cc(C)c2c(c1)c(C)cc1nnc(SCC(=O)Nc3ccc(S(=O)(=O)N4CCOCC4)cc3)n12. The number of carbonyl (C=O) groups is 1. The summed E-state index contributed by atoms with van der Waals surface area (Å²) in [7, 11) is -3.58. The van der Waals surface area contributed by atoms with Gasteiger partial charge in [0.1, 0.15) is 0 Å². The fraction of sp³-hybridized carbons (Fsp3) is 0.320. The number of aryl methyl sites for hydroxylation is 3. The Balaban J connectivity index is 1.30. The average Bonchev–Trinajstić information content (AvgIpc) is 3.26. The second-order valence-electron chi connectivity index (χ2n) is 8.86.